The van der Waals surface area contributed by atoms with Gasteiger partial charge in [0, 0.05) is 38.2 Å². The van der Waals surface area contributed by atoms with Crippen LogP contribution in [0.3, 0.4) is 0 Å². The monoisotopic (exact) mass is 271 g/mol. The summed E-state index contributed by atoms with van der Waals surface area (Å²) in [6.45, 7) is 0.444. The van der Waals surface area contributed by atoms with Crippen LogP contribution in [0.5, 0.6) is 0 Å². The topological polar surface area (TPSA) is 66.3 Å². The summed E-state index contributed by atoms with van der Waals surface area (Å²) >= 11 is 0. The maximum Gasteiger partial charge on any atom is 0.308 e. The molecule has 1 heterocycles. The van der Waals surface area contributed by atoms with E-state index in [1.54, 1.807) is 11.9 Å². The highest BCUT2D eigenvalue weighted by Gasteiger charge is 2.45. The van der Waals surface area contributed by atoms with E-state index in [4.69, 9.17) is 5.11 Å². The van der Waals surface area contributed by atoms with E-state index in [9.17, 15) is 13.6 Å². The maximum atomic E-state index is 12.8. The molecule has 0 aliphatic heterocycles. The van der Waals surface area contributed by atoms with Crippen molar-refractivity contribution in [1.29, 1.82) is 0 Å². The molecular formula is C12H15F2N3O2. The van der Waals surface area contributed by atoms with E-state index < -0.39 is 11.9 Å². The lowest BCUT2D eigenvalue weighted by Gasteiger charge is -2.37. The Labute approximate surface area is 109 Å². The van der Waals surface area contributed by atoms with E-state index in [2.05, 4.69) is 9.97 Å². The molecule has 1 N–H and O–H groups in total. The molecule has 0 aromatic carbocycles. The molecule has 0 unspecified atom stereocenters. The molecule has 1 fully saturated rings. The van der Waals surface area contributed by atoms with Gasteiger partial charge in [-0.2, -0.15) is 0 Å². The number of carboxylic acid groups (broad SMARTS) is 1. The molecule has 1 aromatic rings. The first-order chi connectivity index (χ1) is 8.87. The van der Waals surface area contributed by atoms with Crippen LogP contribution < -0.4 is 4.90 Å². The predicted molar refractivity (Wildman–Crippen MR) is 64.3 cm³/mol. The fraction of sp³-hybridized carbons (Fsp3) is 0.583. The molecule has 0 amide bonds. The SMILES string of the molecule is CN(CC1CC(F)(F)C1)c1ncncc1CC(=O)O. The van der Waals surface area contributed by atoms with Gasteiger partial charge in [-0.3, -0.25) is 4.79 Å². The Bertz CT molecular complexity index is 474. The van der Waals surface area contributed by atoms with Gasteiger partial charge in [0.2, 0.25) is 5.92 Å². The molecule has 1 aromatic heterocycles. The number of aromatic nitrogens is 2. The second-order valence-electron chi connectivity index (χ2n) is 4.95. The zero-order valence-corrected chi connectivity index (χ0v) is 10.5. The largest absolute Gasteiger partial charge is 0.481 e. The smallest absolute Gasteiger partial charge is 0.308 e. The molecule has 1 aliphatic carbocycles. The Kier molecular flexibility index (Phi) is 3.64. The van der Waals surface area contributed by atoms with Crippen LogP contribution in [0.4, 0.5) is 14.6 Å². The van der Waals surface area contributed by atoms with Crippen LogP contribution in [-0.2, 0) is 11.2 Å². The fourth-order valence-corrected chi connectivity index (χ4v) is 2.37. The summed E-state index contributed by atoms with van der Waals surface area (Å²) in [7, 11) is 1.73. The molecule has 5 nitrogen and oxygen atoms in total. The Hall–Kier alpha value is -1.79. The number of carboxylic acids is 1. The lowest BCUT2D eigenvalue weighted by Crippen LogP contribution is -2.42. The molecule has 7 heteroatoms. The van der Waals surface area contributed by atoms with Crippen molar-refractivity contribution in [3.63, 3.8) is 0 Å². The zero-order chi connectivity index (χ0) is 14.0. The van der Waals surface area contributed by atoms with E-state index in [1.165, 1.54) is 12.5 Å². The van der Waals surface area contributed by atoms with Gasteiger partial charge in [0.15, 0.2) is 0 Å². The Balaban J connectivity index is 2.02. The molecule has 0 saturated heterocycles. The Morgan fingerprint density at radius 1 is 1.58 bits per heavy atom. The fourth-order valence-electron chi connectivity index (χ4n) is 2.37. The molecule has 1 aliphatic rings. The van der Waals surface area contributed by atoms with Gasteiger partial charge >= 0.3 is 5.97 Å². The Morgan fingerprint density at radius 2 is 2.26 bits per heavy atom. The van der Waals surface area contributed by atoms with Crippen LogP contribution in [0, 0.1) is 5.92 Å². The molecule has 1 saturated carbocycles. The van der Waals surface area contributed by atoms with Crippen LogP contribution in [0.15, 0.2) is 12.5 Å². The molecule has 104 valence electrons. The summed E-state index contributed by atoms with van der Waals surface area (Å²) in [5.41, 5.74) is 0.489. The molecule has 0 spiro atoms. The molecule has 0 radical (unpaired) electrons. The molecule has 0 atom stereocenters. The summed E-state index contributed by atoms with van der Waals surface area (Å²) < 4.78 is 25.5. The average molecular weight is 271 g/mol. The van der Waals surface area contributed by atoms with E-state index in [0.717, 1.165) is 0 Å². The second kappa shape index (κ2) is 5.07. The van der Waals surface area contributed by atoms with Crippen molar-refractivity contribution in [3.8, 4) is 0 Å². The number of hydrogen-bond acceptors (Lipinski definition) is 4. The molecule has 2 rings (SSSR count). The maximum absolute atomic E-state index is 12.8. The number of carbonyl (C=O) groups is 1. The first-order valence-corrected chi connectivity index (χ1v) is 5.97. The highest BCUT2D eigenvalue weighted by molar-refractivity contribution is 5.72. The van der Waals surface area contributed by atoms with E-state index >= 15 is 0 Å². The predicted octanol–water partition coefficient (Wildman–Crippen LogP) is 1.59. The van der Waals surface area contributed by atoms with E-state index in [1.807, 2.05) is 0 Å². The van der Waals surface area contributed by atoms with Crippen molar-refractivity contribution < 1.29 is 18.7 Å². The van der Waals surface area contributed by atoms with Gasteiger partial charge in [-0.05, 0) is 5.92 Å². The minimum Gasteiger partial charge on any atom is -0.481 e. The molecule has 0 bridgehead atoms. The zero-order valence-electron chi connectivity index (χ0n) is 10.5. The summed E-state index contributed by atoms with van der Waals surface area (Å²) in [6, 6.07) is 0. The first-order valence-electron chi connectivity index (χ1n) is 5.97. The van der Waals surface area contributed by atoms with Crippen molar-refractivity contribution in [1.82, 2.24) is 9.97 Å². The van der Waals surface area contributed by atoms with Gasteiger partial charge in [0.1, 0.15) is 12.1 Å². The van der Waals surface area contributed by atoms with Crippen molar-refractivity contribution >= 4 is 11.8 Å². The van der Waals surface area contributed by atoms with Crippen molar-refractivity contribution in [2.75, 3.05) is 18.5 Å². The number of alkyl halides is 2. The van der Waals surface area contributed by atoms with Gasteiger partial charge < -0.3 is 10.0 Å². The van der Waals surface area contributed by atoms with Gasteiger partial charge in [0.25, 0.3) is 0 Å². The number of hydrogen-bond donors (Lipinski definition) is 1. The normalized spacial score (nSPS) is 17.8. The molecular weight excluding hydrogens is 256 g/mol. The van der Waals surface area contributed by atoms with Crippen LogP contribution in [0.1, 0.15) is 18.4 Å². The highest BCUT2D eigenvalue weighted by atomic mass is 19.3. The summed E-state index contributed by atoms with van der Waals surface area (Å²) in [6.07, 6.45) is 2.36. The van der Waals surface area contributed by atoms with Gasteiger partial charge in [-0.1, -0.05) is 0 Å². The van der Waals surface area contributed by atoms with E-state index in [-0.39, 0.29) is 25.2 Å². The quantitative estimate of drug-likeness (QED) is 0.880. The van der Waals surface area contributed by atoms with Crippen molar-refractivity contribution in [3.05, 3.63) is 18.1 Å². The van der Waals surface area contributed by atoms with Crippen LogP contribution in [0.25, 0.3) is 0 Å². The standard InChI is InChI=1S/C12H15F2N3O2/c1-17(6-8-3-12(13,14)4-8)11-9(2-10(18)19)5-15-7-16-11/h5,7-8H,2-4,6H2,1H3,(H,18,19). The summed E-state index contributed by atoms with van der Waals surface area (Å²) in [5.74, 6) is -3.10. The van der Waals surface area contributed by atoms with Crippen LogP contribution in [-0.4, -0.2) is 40.6 Å². The highest BCUT2D eigenvalue weighted by Crippen LogP contribution is 2.42. The first kappa shape index (κ1) is 13.6. The van der Waals surface area contributed by atoms with Gasteiger partial charge in [0.05, 0.1) is 6.42 Å². The number of aliphatic carboxylic acids is 1. The van der Waals surface area contributed by atoms with Crippen LogP contribution in [0.2, 0.25) is 0 Å². The average Bonchev–Trinajstić information content (AvgIpc) is 2.26. The number of rotatable bonds is 5. The third-order valence-corrected chi connectivity index (χ3v) is 3.17. The van der Waals surface area contributed by atoms with Gasteiger partial charge in [-0.25, -0.2) is 18.7 Å². The van der Waals surface area contributed by atoms with Crippen molar-refractivity contribution in [2.45, 2.75) is 25.2 Å². The second-order valence-corrected chi connectivity index (χ2v) is 4.95. The minimum absolute atomic E-state index is 0.0763. The lowest BCUT2D eigenvalue weighted by molar-refractivity contribution is -0.136. The summed E-state index contributed by atoms with van der Waals surface area (Å²) in [4.78, 5) is 20.3. The van der Waals surface area contributed by atoms with Gasteiger partial charge in [-0.15, -0.1) is 0 Å². The number of anilines is 1. The number of halogens is 2. The third kappa shape index (κ3) is 3.36. The third-order valence-electron chi connectivity index (χ3n) is 3.17. The van der Waals surface area contributed by atoms with Crippen LogP contribution >= 0.6 is 0 Å². The minimum atomic E-state index is -2.54. The van der Waals surface area contributed by atoms with E-state index in [0.29, 0.717) is 17.9 Å². The van der Waals surface area contributed by atoms with Crippen molar-refractivity contribution in [2.24, 2.45) is 5.92 Å². The lowest BCUT2D eigenvalue weighted by atomic mass is 9.81. The Morgan fingerprint density at radius 3 is 2.84 bits per heavy atom. The number of nitrogens with zero attached hydrogens (tertiary/aromatic N) is 3. The summed E-state index contributed by atoms with van der Waals surface area (Å²) in [5, 5.41) is 8.81. The molecule has 19 heavy (non-hydrogen) atoms.